The number of phenolic OH excluding ortho intramolecular Hbond substituents is 1. The molecule has 0 aliphatic carbocycles. The van der Waals surface area contributed by atoms with E-state index in [1.807, 2.05) is 121 Å². The molecule has 6 aromatic rings. The van der Waals surface area contributed by atoms with Crippen LogP contribution >= 0.6 is 0 Å². The first-order valence-electron chi connectivity index (χ1n) is 20.0. The Hall–Kier alpha value is -6.30. The molecule has 10 nitrogen and oxygen atoms in total. The molecule has 2 aliphatic heterocycles. The Balaban J connectivity index is 1.06. The quantitative estimate of drug-likeness (QED) is 0.0666. The number of aromatic hydroxyl groups is 1. The molecule has 8 rings (SSSR count). The number of fused-ring (bicyclic) bond motifs is 3. The number of Topliss-reactive ketones (excluding diaryl/α,β-unsaturated/α-hetero) is 2. The van der Waals surface area contributed by atoms with Crippen molar-refractivity contribution in [3.63, 3.8) is 0 Å². The van der Waals surface area contributed by atoms with E-state index in [0.717, 1.165) is 22.3 Å². The molecule has 306 valence electrons. The van der Waals surface area contributed by atoms with Crippen LogP contribution in [0.2, 0.25) is 0 Å². The molecule has 0 spiro atoms. The minimum atomic E-state index is -0.816. The molecule has 0 aromatic heterocycles. The second kappa shape index (κ2) is 19.2. The molecule has 0 amide bonds. The molecular weight excluding hydrogens is 761 g/mol. The van der Waals surface area contributed by atoms with Gasteiger partial charge in [-0.15, -0.1) is 0 Å². The lowest BCUT2D eigenvalue weighted by Gasteiger charge is -2.43. The third-order valence-corrected chi connectivity index (χ3v) is 10.6. The molecule has 0 unspecified atom stereocenters. The van der Waals surface area contributed by atoms with Gasteiger partial charge in [-0.1, -0.05) is 121 Å². The highest BCUT2D eigenvalue weighted by atomic mass is 16.6. The van der Waals surface area contributed by atoms with E-state index in [0.29, 0.717) is 30.1 Å². The van der Waals surface area contributed by atoms with Crippen LogP contribution in [0.15, 0.2) is 152 Å². The summed E-state index contributed by atoms with van der Waals surface area (Å²) >= 11 is 0. The molecule has 5 atom stereocenters. The van der Waals surface area contributed by atoms with Crippen molar-refractivity contribution in [1.29, 1.82) is 0 Å². The number of carbonyl (C=O) groups excluding carboxylic acids is 2. The number of ether oxygens (including phenoxy) is 7. The number of phenols is 1. The van der Waals surface area contributed by atoms with E-state index in [1.54, 1.807) is 24.3 Å². The molecule has 2 aliphatic rings. The van der Waals surface area contributed by atoms with Crippen molar-refractivity contribution in [1.82, 2.24) is 0 Å². The summed E-state index contributed by atoms with van der Waals surface area (Å²) in [5.41, 5.74) is 4.56. The molecule has 6 aromatic carbocycles. The van der Waals surface area contributed by atoms with Gasteiger partial charge in [0.2, 0.25) is 0 Å². The molecule has 0 radical (unpaired) electrons. The maximum atomic E-state index is 14.0. The van der Waals surface area contributed by atoms with Gasteiger partial charge in [0.1, 0.15) is 59.6 Å². The summed E-state index contributed by atoms with van der Waals surface area (Å²) in [5.74, 6) is -0.506. The zero-order valence-electron chi connectivity index (χ0n) is 33.2. The predicted octanol–water partition coefficient (Wildman–Crippen LogP) is 9.02. The van der Waals surface area contributed by atoms with Crippen molar-refractivity contribution in [2.75, 3.05) is 13.7 Å². The zero-order valence-corrected chi connectivity index (χ0v) is 33.2. The predicted molar refractivity (Wildman–Crippen MR) is 223 cm³/mol. The fourth-order valence-electron chi connectivity index (χ4n) is 7.65. The van der Waals surface area contributed by atoms with Crippen molar-refractivity contribution in [3.8, 4) is 23.0 Å². The SMILES string of the molecule is COc1c(C(=O)CC(=O)c2ccc(OCc3ccccc3)cc2)c(O)cc2c1[C@@H]1O[C@H](COCc3ccccc3)[C@@H](OCc3ccccc3)[C@H](OCc3ccccc3)[C@@H]1O2. The Morgan fingerprint density at radius 1 is 0.633 bits per heavy atom. The fraction of sp³-hybridized carbons (Fsp3) is 0.240. The number of benzene rings is 6. The smallest absolute Gasteiger partial charge is 0.178 e. The number of rotatable bonds is 18. The lowest BCUT2D eigenvalue weighted by molar-refractivity contribution is -0.250. The standard InChI is InChI=1S/C50H46O10/c1-54-47-44(40(52)26-39(51)37-22-24-38(25-23-37)56-29-34-16-8-3-9-17-34)41(53)27-42-45(47)48-50(59-42)49(58-31-36-20-12-5-13-21-36)46(57-30-35-18-10-4-11-19-35)43(60-48)32-55-28-33-14-6-2-7-15-33/h2-25,27,43,46,48-50,53H,26,28-32H2,1H3/t43-,46-,48+,49+,50-/m1/s1. The van der Waals surface area contributed by atoms with Gasteiger partial charge in [0.15, 0.2) is 17.7 Å². The minimum Gasteiger partial charge on any atom is -0.507 e. The Kier molecular flexibility index (Phi) is 12.9. The van der Waals surface area contributed by atoms with E-state index >= 15 is 0 Å². The Labute approximate surface area is 349 Å². The van der Waals surface area contributed by atoms with Crippen LogP contribution in [0.1, 0.15) is 61.1 Å². The van der Waals surface area contributed by atoms with Gasteiger partial charge < -0.3 is 38.3 Å². The van der Waals surface area contributed by atoms with Crippen molar-refractivity contribution in [2.24, 2.45) is 0 Å². The fourth-order valence-corrected chi connectivity index (χ4v) is 7.65. The van der Waals surface area contributed by atoms with Crippen molar-refractivity contribution in [3.05, 3.63) is 191 Å². The van der Waals surface area contributed by atoms with Gasteiger partial charge in [0.05, 0.1) is 45.5 Å². The van der Waals surface area contributed by atoms with Gasteiger partial charge >= 0.3 is 0 Å². The van der Waals surface area contributed by atoms with E-state index in [1.165, 1.54) is 13.2 Å². The topological polar surface area (TPSA) is 119 Å². The number of hydrogen-bond acceptors (Lipinski definition) is 10. The first-order valence-corrected chi connectivity index (χ1v) is 20.0. The monoisotopic (exact) mass is 806 g/mol. The first kappa shape index (κ1) is 40.5. The molecule has 60 heavy (non-hydrogen) atoms. The third kappa shape index (κ3) is 9.43. The number of carbonyl (C=O) groups is 2. The molecule has 2 heterocycles. The van der Waals surface area contributed by atoms with Crippen molar-refractivity contribution < 1.29 is 47.9 Å². The average molecular weight is 807 g/mol. The summed E-state index contributed by atoms with van der Waals surface area (Å²) < 4.78 is 44.9. The molecule has 0 saturated carbocycles. The molecular formula is C50H46O10. The third-order valence-electron chi connectivity index (χ3n) is 10.6. The van der Waals surface area contributed by atoms with Crippen molar-refractivity contribution in [2.45, 2.75) is 63.4 Å². The molecule has 1 saturated heterocycles. The second-order valence-corrected chi connectivity index (χ2v) is 14.7. The van der Waals surface area contributed by atoms with E-state index in [4.69, 9.17) is 33.2 Å². The van der Waals surface area contributed by atoms with Gasteiger partial charge in [-0.2, -0.15) is 0 Å². The molecule has 1 fully saturated rings. The highest BCUT2D eigenvalue weighted by Gasteiger charge is 2.55. The lowest BCUT2D eigenvalue weighted by atomic mass is 9.90. The van der Waals surface area contributed by atoms with Crippen LogP contribution in [0.5, 0.6) is 23.0 Å². The summed E-state index contributed by atoms with van der Waals surface area (Å²) in [6, 6.07) is 47.3. The Bertz CT molecular complexity index is 2340. The largest absolute Gasteiger partial charge is 0.507 e. The lowest BCUT2D eigenvalue weighted by Crippen LogP contribution is -2.57. The summed E-state index contributed by atoms with van der Waals surface area (Å²) in [7, 11) is 1.41. The van der Waals surface area contributed by atoms with Gasteiger partial charge in [-0.3, -0.25) is 9.59 Å². The van der Waals surface area contributed by atoms with Crippen LogP contribution in [0, 0.1) is 0 Å². The van der Waals surface area contributed by atoms with Gasteiger partial charge in [-0.05, 0) is 46.5 Å². The minimum absolute atomic E-state index is 0.0642. The van der Waals surface area contributed by atoms with E-state index < -0.39 is 48.5 Å². The highest BCUT2D eigenvalue weighted by Crippen LogP contribution is 2.53. The number of hydrogen-bond donors (Lipinski definition) is 1. The van der Waals surface area contributed by atoms with Crippen LogP contribution in [0.4, 0.5) is 0 Å². The van der Waals surface area contributed by atoms with Crippen molar-refractivity contribution >= 4 is 11.6 Å². The van der Waals surface area contributed by atoms with E-state index in [2.05, 4.69) is 0 Å². The highest BCUT2D eigenvalue weighted by molar-refractivity contribution is 6.15. The van der Waals surface area contributed by atoms with Crippen LogP contribution in [-0.2, 0) is 45.4 Å². The van der Waals surface area contributed by atoms with Gasteiger partial charge in [0, 0.05) is 11.6 Å². The van der Waals surface area contributed by atoms with Gasteiger partial charge in [0.25, 0.3) is 0 Å². The maximum absolute atomic E-state index is 14.0. The average Bonchev–Trinajstić information content (AvgIpc) is 3.65. The van der Waals surface area contributed by atoms with E-state index in [-0.39, 0.29) is 42.6 Å². The summed E-state index contributed by atoms with van der Waals surface area (Å²) in [5, 5.41) is 11.4. The summed E-state index contributed by atoms with van der Waals surface area (Å²) in [6.07, 6.45) is -4.11. The van der Waals surface area contributed by atoms with Crippen LogP contribution in [0.25, 0.3) is 0 Å². The second-order valence-electron chi connectivity index (χ2n) is 14.7. The number of ketones is 2. The molecule has 1 N–H and O–H groups in total. The van der Waals surface area contributed by atoms with Crippen LogP contribution in [0.3, 0.4) is 0 Å². The van der Waals surface area contributed by atoms with E-state index in [9.17, 15) is 14.7 Å². The Morgan fingerprint density at radius 2 is 1.17 bits per heavy atom. The van der Waals surface area contributed by atoms with Crippen LogP contribution in [-0.4, -0.2) is 54.8 Å². The first-order chi connectivity index (χ1) is 29.4. The maximum Gasteiger partial charge on any atom is 0.178 e. The Morgan fingerprint density at radius 3 is 1.73 bits per heavy atom. The summed E-state index contributed by atoms with van der Waals surface area (Å²) in [6.45, 7) is 1.40. The molecule has 0 bridgehead atoms. The normalized spacial score (nSPS) is 19.1. The zero-order chi connectivity index (χ0) is 41.3. The molecule has 10 heteroatoms. The van der Waals surface area contributed by atoms with Gasteiger partial charge in [-0.25, -0.2) is 0 Å². The number of methoxy groups -OCH3 is 1. The van der Waals surface area contributed by atoms with Crippen LogP contribution < -0.4 is 14.2 Å². The summed E-state index contributed by atoms with van der Waals surface area (Å²) in [4.78, 5) is 27.5.